The predicted molar refractivity (Wildman–Crippen MR) is 158 cm³/mol. The minimum Gasteiger partial charge on any atom is -0.457 e. The normalized spacial score (nSPS) is 20.8. The van der Waals surface area contributed by atoms with Gasteiger partial charge in [0.15, 0.2) is 12.3 Å². The number of anilines is 1. The molecule has 0 bridgehead atoms. The standard InChI is InChI=1S/C29H36N6O5Si/c1-20(36)39-26-23(19-32-34-31)24(40-27(26)35-17-15-25(30)33-28(35)37)16-18-38-41(29(2,3)4,21-11-7-5-8-12-21)22-13-9-6-10-14-22/h5-15,17,23-24,26-27H,16,18-19H2,1-4H3,(H2,30,33,37)/t23-,24-,26-,27-/m1/s1. The minimum atomic E-state index is -2.81. The van der Waals surface area contributed by atoms with Gasteiger partial charge >= 0.3 is 11.7 Å². The van der Waals surface area contributed by atoms with E-state index in [-0.39, 0.29) is 17.4 Å². The van der Waals surface area contributed by atoms with Crippen molar-refractivity contribution in [2.75, 3.05) is 18.9 Å². The lowest BCUT2D eigenvalue weighted by atomic mass is 9.96. The molecule has 12 heteroatoms. The Bertz CT molecular complexity index is 1400. The van der Waals surface area contributed by atoms with Gasteiger partial charge in [-0.1, -0.05) is 86.5 Å². The van der Waals surface area contributed by atoms with E-state index in [1.807, 2.05) is 36.4 Å². The molecule has 2 heterocycles. The van der Waals surface area contributed by atoms with Crippen molar-refractivity contribution in [1.29, 1.82) is 0 Å². The van der Waals surface area contributed by atoms with E-state index in [2.05, 4.69) is 60.0 Å². The number of carbonyl (C=O) groups is 1. The van der Waals surface area contributed by atoms with E-state index in [4.69, 9.17) is 25.2 Å². The average molecular weight is 577 g/mol. The van der Waals surface area contributed by atoms with Crippen LogP contribution in [0.1, 0.15) is 40.3 Å². The highest BCUT2D eigenvalue weighted by Crippen LogP contribution is 2.40. The van der Waals surface area contributed by atoms with Crippen molar-refractivity contribution >= 4 is 30.5 Å². The third-order valence-electron chi connectivity index (χ3n) is 7.42. The highest BCUT2D eigenvalue weighted by molar-refractivity contribution is 6.99. The fraction of sp³-hybridized carbons (Fsp3) is 0.414. The molecule has 4 atom stereocenters. The molecule has 0 aliphatic carbocycles. The maximum Gasteiger partial charge on any atom is 0.351 e. The predicted octanol–water partition coefficient (Wildman–Crippen LogP) is 3.55. The number of rotatable bonds is 10. The third kappa shape index (κ3) is 6.36. The lowest BCUT2D eigenvalue weighted by molar-refractivity contribution is -0.153. The molecule has 0 unspecified atom stereocenters. The number of hydrogen-bond acceptors (Lipinski definition) is 8. The molecule has 4 rings (SSSR count). The molecule has 0 saturated carbocycles. The molecule has 1 aliphatic heterocycles. The minimum absolute atomic E-state index is 0.00593. The van der Waals surface area contributed by atoms with Gasteiger partial charge in [0, 0.05) is 37.1 Å². The summed E-state index contributed by atoms with van der Waals surface area (Å²) in [5.41, 5.74) is 14.1. The molecule has 1 saturated heterocycles. The van der Waals surface area contributed by atoms with Gasteiger partial charge in [-0.3, -0.25) is 9.36 Å². The number of benzene rings is 2. The largest absolute Gasteiger partial charge is 0.457 e. The summed E-state index contributed by atoms with van der Waals surface area (Å²) in [5.74, 6) is -1.00. The van der Waals surface area contributed by atoms with Gasteiger partial charge in [0.2, 0.25) is 0 Å². The number of nitrogens with two attached hydrogens (primary N) is 1. The molecular formula is C29H36N6O5Si. The first-order chi connectivity index (χ1) is 19.6. The van der Waals surface area contributed by atoms with Crippen LogP contribution in [0.15, 0.2) is 82.8 Å². The molecule has 11 nitrogen and oxygen atoms in total. The van der Waals surface area contributed by atoms with E-state index in [1.165, 1.54) is 23.8 Å². The van der Waals surface area contributed by atoms with E-state index in [9.17, 15) is 9.59 Å². The van der Waals surface area contributed by atoms with Crippen LogP contribution in [0.3, 0.4) is 0 Å². The van der Waals surface area contributed by atoms with Crippen molar-refractivity contribution < 1.29 is 18.7 Å². The van der Waals surface area contributed by atoms with E-state index < -0.39 is 44.3 Å². The van der Waals surface area contributed by atoms with Gasteiger partial charge in [0.25, 0.3) is 8.32 Å². The zero-order valence-electron chi connectivity index (χ0n) is 23.7. The first kappa shape index (κ1) is 30.0. The zero-order chi connectivity index (χ0) is 29.6. The van der Waals surface area contributed by atoms with Crippen LogP contribution in [0.4, 0.5) is 5.82 Å². The number of esters is 1. The molecule has 0 amide bonds. The molecule has 0 spiro atoms. The number of ether oxygens (including phenoxy) is 2. The highest BCUT2D eigenvalue weighted by Gasteiger charge is 2.51. The SMILES string of the molecule is CC(=O)O[C@@H]1[C@H](CN=[N+]=[N-])[C@@H](CCO[Si](c2ccccc2)(c2ccccc2)C(C)(C)C)O[C@H]1n1ccc(N)nc1=O. The van der Waals surface area contributed by atoms with E-state index in [0.717, 1.165) is 10.4 Å². The molecule has 2 N–H and O–H groups in total. The van der Waals surface area contributed by atoms with Crippen molar-refractivity contribution in [3.8, 4) is 0 Å². The fourth-order valence-electron chi connectivity index (χ4n) is 5.69. The number of nitrogens with zero attached hydrogens (tertiary/aromatic N) is 5. The lowest BCUT2D eigenvalue weighted by Gasteiger charge is -2.43. The second-order valence-corrected chi connectivity index (χ2v) is 15.4. The summed E-state index contributed by atoms with van der Waals surface area (Å²) in [4.78, 5) is 31.5. The summed E-state index contributed by atoms with van der Waals surface area (Å²) in [7, 11) is -2.81. The highest BCUT2D eigenvalue weighted by atomic mass is 28.4. The quantitative estimate of drug-likeness (QED) is 0.127. The van der Waals surface area contributed by atoms with Crippen LogP contribution in [0.2, 0.25) is 5.04 Å². The molecule has 0 radical (unpaired) electrons. The second-order valence-electron chi connectivity index (χ2n) is 11.1. The van der Waals surface area contributed by atoms with Crippen LogP contribution in [0, 0.1) is 5.92 Å². The molecule has 216 valence electrons. The van der Waals surface area contributed by atoms with Gasteiger partial charge in [-0.05, 0) is 33.4 Å². The lowest BCUT2D eigenvalue weighted by Crippen LogP contribution is -2.66. The molecule has 1 aliphatic rings. The summed E-state index contributed by atoms with van der Waals surface area (Å²) in [6.07, 6.45) is -0.549. The van der Waals surface area contributed by atoms with Gasteiger partial charge in [-0.25, -0.2) is 4.79 Å². The smallest absolute Gasteiger partial charge is 0.351 e. The Balaban J connectivity index is 1.68. The summed E-state index contributed by atoms with van der Waals surface area (Å²) in [5, 5.41) is 5.84. The Morgan fingerprint density at radius 2 is 1.73 bits per heavy atom. The molecule has 41 heavy (non-hydrogen) atoms. The van der Waals surface area contributed by atoms with Crippen LogP contribution < -0.4 is 21.8 Å². The van der Waals surface area contributed by atoms with Gasteiger partial charge in [-0.2, -0.15) is 4.98 Å². The molecule has 1 aromatic heterocycles. The first-order valence-corrected chi connectivity index (χ1v) is 15.4. The number of aromatic nitrogens is 2. The van der Waals surface area contributed by atoms with Crippen LogP contribution in [0.25, 0.3) is 10.4 Å². The monoisotopic (exact) mass is 576 g/mol. The van der Waals surface area contributed by atoms with Crippen molar-refractivity contribution in [2.45, 2.75) is 57.6 Å². The Morgan fingerprint density at radius 3 is 2.24 bits per heavy atom. The molecule has 2 aromatic carbocycles. The van der Waals surface area contributed by atoms with Gasteiger partial charge in [0.1, 0.15) is 5.82 Å². The zero-order valence-corrected chi connectivity index (χ0v) is 24.7. The number of nitrogen functional groups attached to an aromatic ring is 1. The van der Waals surface area contributed by atoms with Crippen molar-refractivity contribution in [3.63, 3.8) is 0 Å². The van der Waals surface area contributed by atoms with Crippen molar-refractivity contribution in [3.05, 3.63) is 93.9 Å². The van der Waals surface area contributed by atoms with Crippen LogP contribution in [-0.2, 0) is 18.7 Å². The summed E-state index contributed by atoms with van der Waals surface area (Å²) < 4.78 is 20.3. The van der Waals surface area contributed by atoms with Crippen LogP contribution in [0.5, 0.6) is 0 Å². The Morgan fingerprint density at radius 1 is 1.12 bits per heavy atom. The Labute approximate surface area is 240 Å². The molecule has 1 fully saturated rings. The van der Waals surface area contributed by atoms with Crippen LogP contribution in [-0.4, -0.2) is 49.2 Å². The Hall–Kier alpha value is -3.96. The average Bonchev–Trinajstić information content (AvgIpc) is 3.26. The van der Waals surface area contributed by atoms with Gasteiger partial charge in [-0.15, -0.1) is 0 Å². The molecule has 3 aromatic rings. The van der Waals surface area contributed by atoms with Crippen molar-refractivity contribution in [1.82, 2.24) is 9.55 Å². The fourth-order valence-corrected chi connectivity index (χ4v) is 10.3. The van der Waals surface area contributed by atoms with Gasteiger partial charge < -0.3 is 19.6 Å². The summed E-state index contributed by atoms with van der Waals surface area (Å²) >= 11 is 0. The second kappa shape index (κ2) is 12.7. The Kier molecular flexibility index (Phi) is 9.29. The van der Waals surface area contributed by atoms with E-state index in [0.29, 0.717) is 13.0 Å². The summed E-state index contributed by atoms with van der Waals surface area (Å²) in [6, 6.07) is 22.0. The van der Waals surface area contributed by atoms with E-state index >= 15 is 0 Å². The number of hydrogen-bond donors (Lipinski definition) is 1. The van der Waals surface area contributed by atoms with Gasteiger partial charge in [0.05, 0.1) is 6.10 Å². The van der Waals surface area contributed by atoms with Crippen LogP contribution >= 0.6 is 0 Å². The van der Waals surface area contributed by atoms with E-state index in [1.54, 1.807) is 0 Å². The topological polar surface area (TPSA) is 154 Å². The maximum atomic E-state index is 12.7. The number of carbonyl (C=O) groups excluding carboxylic acids is 1. The first-order valence-electron chi connectivity index (χ1n) is 13.5. The number of azide groups is 1. The van der Waals surface area contributed by atoms with Crippen molar-refractivity contribution in [2.24, 2.45) is 11.0 Å². The molecular weight excluding hydrogens is 540 g/mol. The maximum absolute atomic E-state index is 12.7. The summed E-state index contributed by atoms with van der Waals surface area (Å²) in [6.45, 7) is 8.20. The third-order valence-corrected chi connectivity index (χ3v) is 12.5.